The van der Waals surface area contributed by atoms with Crippen LogP contribution in [0.3, 0.4) is 0 Å². The number of ether oxygens (including phenoxy) is 2. The van der Waals surface area contributed by atoms with Gasteiger partial charge in [0.15, 0.2) is 5.82 Å². The van der Waals surface area contributed by atoms with E-state index in [4.69, 9.17) is 9.47 Å². The maximum Gasteiger partial charge on any atom is 0.328 e. The summed E-state index contributed by atoms with van der Waals surface area (Å²) >= 11 is 0. The van der Waals surface area contributed by atoms with E-state index in [9.17, 15) is 13.2 Å². The minimum Gasteiger partial charge on any atom is -0.424 e. The zero-order valence-corrected chi connectivity index (χ0v) is 16.7. The molecule has 0 unspecified atom stereocenters. The van der Waals surface area contributed by atoms with Crippen LogP contribution in [-0.2, 0) is 4.74 Å². The van der Waals surface area contributed by atoms with Crippen molar-refractivity contribution in [3.05, 3.63) is 60.2 Å². The number of rotatable bonds is 5. The van der Waals surface area contributed by atoms with Gasteiger partial charge in [0.1, 0.15) is 11.6 Å². The second kappa shape index (κ2) is 8.42. The van der Waals surface area contributed by atoms with Crippen molar-refractivity contribution in [2.75, 3.05) is 31.2 Å². The number of imidazole rings is 1. The average Bonchev–Trinajstić information content (AvgIpc) is 3.21. The summed E-state index contributed by atoms with van der Waals surface area (Å²) in [7, 11) is 0. The molecule has 0 saturated carbocycles. The van der Waals surface area contributed by atoms with E-state index in [1.165, 1.54) is 28.8 Å². The lowest BCUT2D eigenvalue weighted by molar-refractivity contribution is 0.122. The number of aromatic nitrogens is 5. The molecule has 0 spiro atoms. The maximum absolute atomic E-state index is 13.8. The summed E-state index contributed by atoms with van der Waals surface area (Å²) in [6.07, 6.45) is -2.85. The molecule has 0 atom stereocenters. The van der Waals surface area contributed by atoms with Crippen molar-refractivity contribution in [1.82, 2.24) is 24.5 Å². The molecule has 1 aliphatic rings. The van der Waals surface area contributed by atoms with Gasteiger partial charge >= 0.3 is 6.01 Å². The summed E-state index contributed by atoms with van der Waals surface area (Å²) in [5.74, 6) is -0.413. The van der Waals surface area contributed by atoms with Gasteiger partial charge in [0.2, 0.25) is 11.9 Å². The molecule has 164 valence electrons. The molecule has 5 rings (SSSR count). The Bertz CT molecular complexity index is 1240. The molecule has 3 heterocycles. The largest absolute Gasteiger partial charge is 0.424 e. The Morgan fingerprint density at radius 1 is 0.875 bits per heavy atom. The number of halogens is 3. The monoisotopic (exact) mass is 442 g/mol. The number of fused-ring (bicyclic) bond motifs is 1. The number of hydrogen-bond acceptors (Lipinski definition) is 7. The highest BCUT2D eigenvalue weighted by Gasteiger charge is 2.24. The van der Waals surface area contributed by atoms with Crippen LogP contribution in [0, 0.1) is 5.82 Å². The number of benzene rings is 2. The van der Waals surface area contributed by atoms with Gasteiger partial charge in [-0.3, -0.25) is 4.57 Å². The summed E-state index contributed by atoms with van der Waals surface area (Å²) in [5.41, 5.74) is 0.812. The number of anilines is 1. The van der Waals surface area contributed by atoms with Crippen molar-refractivity contribution in [2.24, 2.45) is 0 Å². The van der Waals surface area contributed by atoms with Crippen LogP contribution in [0.2, 0.25) is 0 Å². The Kier molecular flexibility index (Phi) is 5.31. The fraction of sp³-hybridized carbons (Fsp3) is 0.238. The lowest BCUT2D eigenvalue weighted by Crippen LogP contribution is -2.37. The Morgan fingerprint density at radius 3 is 2.34 bits per heavy atom. The molecule has 1 fully saturated rings. The van der Waals surface area contributed by atoms with Gasteiger partial charge in [-0.25, -0.2) is 18.2 Å². The topological polar surface area (TPSA) is 78.2 Å². The number of morpholine rings is 1. The zero-order chi connectivity index (χ0) is 22.1. The number of nitrogens with zero attached hydrogens (tertiary/aromatic N) is 6. The fourth-order valence-electron chi connectivity index (χ4n) is 3.40. The highest BCUT2D eigenvalue weighted by Crippen LogP contribution is 2.29. The van der Waals surface area contributed by atoms with E-state index in [1.807, 2.05) is 4.90 Å². The minimum atomic E-state index is -2.85. The molecule has 1 saturated heterocycles. The van der Waals surface area contributed by atoms with Crippen molar-refractivity contribution in [3.63, 3.8) is 0 Å². The quantitative estimate of drug-likeness (QED) is 0.464. The normalized spacial score (nSPS) is 14.3. The molecule has 8 nitrogen and oxygen atoms in total. The van der Waals surface area contributed by atoms with E-state index < -0.39 is 18.1 Å². The molecule has 0 aliphatic carbocycles. The van der Waals surface area contributed by atoms with Gasteiger partial charge in [0, 0.05) is 13.1 Å². The lowest BCUT2D eigenvalue weighted by atomic mass is 10.3. The smallest absolute Gasteiger partial charge is 0.328 e. The minimum absolute atomic E-state index is 0.0531. The van der Waals surface area contributed by atoms with Gasteiger partial charge in [-0.05, 0) is 36.4 Å². The summed E-state index contributed by atoms with van der Waals surface area (Å²) in [4.78, 5) is 19.0. The highest BCUT2D eigenvalue weighted by molar-refractivity contribution is 5.77. The first-order valence-electron chi connectivity index (χ1n) is 9.86. The molecule has 1 aliphatic heterocycles. The predicted molar refractivity (Wildman–Crippen MR) is 109 cm³/mol. The third-order valence-corrected chi connectivity index (χ3v) is 4.89. The van der Waals surface area contributed by atoms with Crippen molar-refractivity contribution in [2.45, 2.75) is 6.43 Å². The molecule has 2 aromatic heterocycles. The summed E-state index contributed by atoms with van der Waals surface area (Å²) in [5, 5.41) is 0. The summed E-state index contributed by atoms with van der Waals surface area (Å²) in [6.45, 7) is 1.99. The Morgan fingerprint density at radius 2 is 1.59 bits per heavy atom. The van der Waals surface area contributed by atoms with Crippen LogP contribution >= 0.6 is 0 Å². The van der Waals surface area contributed by atoms with Crippen molar-refractivity contribution >= 4 is 17.0 Å². The van der Waals surface area contributed by atoms with Gasteiger partial charge in [-0.1, -0.05) is 12.1 Å². The highest BCUT2D eigenvalue weighted by atomic mass is 19.3. The molecule has 11 heteroatoms. The van der Waals surface area contributed by atoms with E-state index in [0.717, 1.165) is 0 Å². The molecule has 0 amide bonds. The number of hydrogen-bond donors (Lipinski definition) is 0. The first-order valence-corrected chi connectivity index (χ1v) is 9.86. The van der Waals surface area contributed by atoms with Crippen LogP contribution in [0.25, 0.3) is 17.0 Å². The summed E-state index contributed by atoms with van der Waals surface area (Å²) < 4.78 is 53.2. The van der Waals surface area contributed by atoms with E-state index in [1.54, 1.807) is 24.3 Å². The SMILES string of the molecule is Fc1ccc(Oc2nc(N3CCOCC3)nc(-n3c(C(F)F)nc4ccccc43)n2)cc1. The van der Waals surface area contributed by atoms with Gasteiger partial charge in [-0.2, -0.15) is 15.0 Å². The molecule has 0 bridgehead atoms. The van der Waals surface area contributed by atoms with Crippen LogP contribution in [0.4, 0.5) is 19.1 Å². The van der Waals surface area contributed by atoms with Gasteiger partial charge in [0.25, 0.3) is 6.43 Å². The van der Waals surface area contributed by atoms with Gasteiger partial charge in [-0.15, -0.1) is 0 Å². The van der Waals surface area contributed by atoms with Crippen LogP contribution in [0.5, 0.6) is 11.8 Å². The van der Waals surface area contributed by atoms with Crippen LogP contribution in [-0.4, -0.2) is 50.8 Å². The second-order valence-corrected chi connectivity index (χ2v) is 6.97. The van der Waals surface area contributed by atoms with Gasteiger partial charge in [0.05, 0.1) is 24.2 Å². The number of para-hydroxylation sites is 2. The van der Waals surface area contributed by atoms with Crippen molar-refractivity contribution in [3.8, 4) is 17.7 Å². The molecule has 0 radical (unpaired) electrons. The van der Waals surface area contributed by atoms with Gasteiger partial charge < -0.3 is 14.4 Å². The molecular weight excluding hydrogens is 425 g/mol. The Hall–Kier alpha value is -3.73. The number of alkyl halides is 2. The second-order valence-electron chi connectivity index (χ2n) is 6.97. The van der Waals surface area contributed by atoms with E-state index in [2.05, 4.69) is 19.9 Å². The van der Waals surface area contributed by atoms with Crippen LogP contribution in [0.15, 0.2) is 48.5 Å². The van der Waals surface area contributed by atoms with E-state index in [-0.39, 0.29) is 17.9 Å². The van der Waals surface area contributed by atoms with Crippen LogP contribution < -0.4 is 9.64 Å². The van der Waals surface area contributed by atoms with Crippen molar-refractivity contribution < 1.29 is 22.6 Å². The summed E-state index contributed by atoms with van der Waals surface area (Å²) in [6, 6.07) is 11.9. The predicted octanol–water partition coefficient (Wildman–Crippen LogP) is 3.92. The standard InChI is InChI=1S/C21H17F3N6O2/c22-13-5-7-14(8-6-13)32-21-27-19(29-9-11-31-12-10-29)26-20(28-21)30-16-4-2-1-3-15(16)25-18(30)17(23)24/h1-8,17H,9-12H2. The Balaban J connectivity index is 1.65. The van der Waals surface area contributed by atoms with E-state index >= 15 is 0 Å². The van der Waals surface area contributed by atoms with E-state index in [0.29, 0.717) is 43.1 Å². The lowest BCUT2D eigenvalue weighted by Gasteiger charge is -2.27. The third kappa shape index (κ3) is 3.94. The molecule has 0 N–H and O–H groups in total. The first kappa shape index (κ1) is 20.2. The molecule has 2 aromatic carbocycles. The maximum atomic E-state index is 13.8. The Labute approximate surface area is 180 Å². The first-order chi connectivity index (χ1) is 15.6. The molecule has 32 heavy (non-hydrogen) atoms. The zero-order valence-electron chi connectivity index (χ0n) is 16.7. The fourth-order valence-corrected chi connectivity index (χ4v) is 3.40. The molecular formula is C21H17F3N6O2. The molecule has 4 aromatic rings. The van der Waals surface area contributed by atoms with Crippen LogP contribution in [0.1, 0.15) is 12.2 Å². The third-order valence-electron chi connectivity index (χ3n) is 4.89. The van der Waals surface area contributed by atoms with Crippen molar-refractivity contribution in [1.29, 1.82) is 0 Å². The average molecular weight is 442 g/mol.